The van der Waals surface area contributed by atoms with Crippen LogP contribution in [0.3, 0.4) is 0 Å². The quantitative estimate of drug-likeness (QED) is 0.602. The smallest absolute Gasteiger partial charge is 0.253 e. The first-order valence-electron chi connectivity index (χ1n) is 12.3. The van der Waals surface area contributed by atoms with Crippen LogP contribution in [0.25, 0.3) is 0 Å². The van der Waals surface area contributed by atoms with Crippen molar-refractivity contribution in [3.8, 4) is 0 Å². The van der Waals surface area contributed by atoms with Crippen LogP contribution in [0.15, 0.2) is 29.2 Å². The summed E-state index contributed by atoms with van der Waals surface area (Å²) < 4.78 is 27.5. The molecule has 2 amide bonds. The first-order chi connectivity index (χ1) is 16.0. The van der Waals surface area contributed by atoms with Crippen molar-refractivity contribution < 1.29 is 18.0 Å². The molecular weight excluding hydrogens is 452 g/mol. The number of carbonyl (C=O) groups is 2. The predicted molar refractivity (Wildman–Crippen MR) is 133 cm³/mol. The lowest BCUT2D eigenvalue weighted by Gasteiger charge is -2.33. The second kappa shape index (κ2) is 11.2. The fraction of sp³-hybridized carbons (Fsp3) is 0.680. The summed E-state index contributed by atoms with van der Waals surface area (Å²) in [7, 11) is 0.457. The van der Waals surface area contributed by atoms with Crippen LogP contribution in [0.4, 0.5) is 0 Å². The Kier molecular flexibility index (Phi) is 8.76. The van der Waals surface area contributed by atoms with Crippen molar-refractivity contribution >= 4 is 21.8 Å². The molecule has 0 atom stereocenters. The summed E-state index contributed by atoms with van der Waals surface area (Å²) in [6, 6.07) is 6.37. The van der Waals surface area contributed by atoms with Gasteiger partial charge in [-0.05, 0) is 63.4 Å². The Bertz CT molecular complexity index is 963. The van der Waals surface area contributed by atoms with E-state index in [0.717, 1.165) is 25.8 Å². The molecule has 0 spiro atoms. The molecule has 0 saturated carbocycles. The molecule has 190 valence electrons. The van der Waals surface area contributed by atoms with Crippen LogP contribution >= 0.6 is 0 Å². The van der Waals surface area contributed by atoms with Crippen LogP contribution in [-0.2, 0) is 14.8 Å². The van der Waals surface area contributed by atoms with Crippen LogP contribution in [0.2, 0.25) is 0 Å². The topological polar surface area (TPSA) is 90.0 Å². The highest BCUT2D eigenvalue weighted by Crippen LogP contribution is 2.24. The monoisotopic (exact) mass is 492 g/mol. The SMILES string of the molecule is CN(C)CC(C)(C)CNC(=O)C1CCN(C(=O)c2cccc(S(=O)(=O)N3CCCCC3)c2)CC1. The lowest BCUT2D eigenvalue weighted by atomic mass is 9.91. The molecule has 0 unspecified atom stereocenters. The zero-order chi connectivity index (χ0) is 24.9. The molecule has 0 aliphatic carbocycles. The van der Waals surface area contributed by atoms with Crippen molar-refractivity contribution in [2.45, 2.75) is 50.8 Å². The molecule has 3 rings (SSSR count). The van der Waals surface area contributed by atoms with E-state index in [1.54, 1.807) is 23.1 Å². The Balaban J connectivity index is 1.56. The molecule has 2 saturated heterocycles. The molecule has 34 heavy (non-hydrogen) atoms. The molecule has 2 heterocycles. The fourth-order valence-corrected chi connectivity index (χ4v) is 6.52. The molecule has 0 radical (unpaired) electrons. The molecule has 1 aromatic carbocycles. The second-order valence-electron chi connectivity index (χ2n) is 10.7. The van der Waals surface area contributed by atoms with Gasteiger partial charge in [0.2, 0.25) is 15.9 Å². The van der Waals surface area contributed by atoms with Gasteiger partial charge in [0.1, 0.15) is 0 Å². The molecule has 2 aliphatic heterocycles. The summed E-state index contributed by atoms with van der Waals surface area (Å²) in [4.78, 5) is 29.8. The van der Waals surface area contributed by atoms with Gasteiger partial charge in [0.15, 0.2) is 0 Å². The normalized spacial score (nSPS) is 18.8. The third kappa shape index (κ3) is 6.79. The van der Waals surface area contributed by atoms with Crippen LogP contribution < -0.4 is 5.32 Å². The van der Waals surface area contributed by atoms with Crippen molar-refractivity contribution in [3.63, 3.8) is 0 Å². The zero-order valence-electron chi connectivity index (χ0n) is 21.0. The number of rotatable bonds is 8. The molecule has 0 bridgehead atoms. The van der Waals surface area contributed by atoms with Crippen LogP contribution in [0, 0.1) is 11.3 Å². The number of hydrogen-bond acceptors (Lipinski definition) is 5. The largest absolute Gasteiger partial charge is 0.355 e. The van der Waals surface area contributed by atoms with Crippen LogP contribution in [-0.4, -0.2) is 87.7 Å². The van der Waals surface area contributed by atoms with Gasteiger partial charge in [-0.15, -0.1) is 0 Å². The number of carbonyl (C=O) groups excluding carboxylic acids is 2. The van der Waals surface area contributed by atoms with E-state index in [9.17, 15) is 18.0 Å². The zero-order valence-corrected chi connectivity index (χ0v) is 21.9. The van der Waals surface area contributed by atoms with Gasteiger partial charge in [-0.3, -0.25) is 9.59 Å². The first kappa shape index (κ1) is 26.6. The van der Waals surface area contributed by atoms with Gasteiger partial charge in [-0.1, -0.05) is 26.3 Å². The number of sulfonamides is 1. The minimum absolute atomic E-state index is 0.0185. The fourth-order valence-electron chi connectivity index (χ4n) is 4.95. The Morgan fingerprint density at radius 3 is 2.32 bits per heavy atom. The second-order valence-corrected chi connectivity index (χ2v) is 12.6. The standard InChI is InChI=1S/C25H40N4O4S/c1-25(2,19-27(3)4)18-26-23(30)20-11-15-28(16-12-20)24(31)21-9-8-10-22(17-21)34(32,33)29-13-6-5-7-14-29/h8-10,17,20H,5-7,11-16,18-19H2,1-4H3,(H,26,30). The number of nitrogens with one attached hydrogen (secondary N) is 1. The van der Waals surface area contributed by atoms with Crippen LogP contribution in [0.5, 0.6) is 0 Å². The van der Waals surface area contributed by atoms with E-state index < -0.39 is 10.0 Å². The maximum atomic E-state index is 13.1. The molecule has 1 N–H and O–H groups in total. The van der Waals surface area contributed by atoms with E-state index in [0.29, 0.717) is 51.1 Å². The summed E-state index contributed by atoms with van der Waals surface area (Å²) in [6.45, 7) is 7.80. The molecule has 0 aromatic heterocycles. The highest BCUT2D eigenvalue weighted by molar-refractivity contribution is 7.89. The lowest BCUT2D eigenvalue weighted by molar-refractivity contribution is -0.126. The van der Waals surface area contributed by atoms with Gasteiger partial charge in [-0.25, -0.2) is 8.42 Å². The Labute approximate surface area is 204 Å². The average molecular weight is 493 g/mol. The van der Waals surface area contributed by atoms with Crippen LogP contribution in [0.1, 0.15) is 56.3 Å². The number of hydrogen-bond donors (Lipinski definition) is 1. The highest BCUT2D eigenvalue weighted by atomic mass is 32.2. The first-order valence-corrected chi connectivity index (χ1v) is 13.8. The Hall–Kier alpha value is -1.97. The van der Waals surface area contributed by atoms with Crippen molar-refractivity contribution in [1.29, 1.82) is 0 Å². The third-order valence-electron chi connectivity index (χ3n) is 6.67. The maximum absolute atomic E-state index is 13.1. The summed E-state index contributed by atoms with van der Waals surface area (Å²) in [5.74, 6) is -0.236. The average Bonchev–Trinajstić information content (AvgIpc) is 2.82. The van der Waals surface area contributed by atoms with E-state index in [1.165, 1.54) is 10.4 Å². The van der Waals surface area contributed by atoms with E-state index in [-0.39, 0.29) is 28.0 Å². The van der Waals surface area contributed by atoms with E-state index in [2.05, 4.69) is 24.1 Å². The van der Waals surface area contributed by atoms with Crippen molar-refractivity contribution in [2.24, 2.45) is 11.3 Å². The van der Waals surface area contributed by atoms with Gasteiger partial charge in [0.25, 0.3) is 5.91 Å². The molecule has 1 aromatic rings. The Morgan fingerprint density at radius 1 is 1.06 bits per heavy atom. The molecule has 8 nitrogen and oxygen atoms in total. The summed E-state index contributed by atoms with van der Waals surface area (Å²) in [5.41, 5.74) is 0.362. The number of likely N-dealkylation sites (tertiary alicyclic amines) is 1. The van der Waals surface area contributed by atoms with Gasteiger partial charge in [0, 0.05) is 50.7 Å². The number of amides is 2. The highest BCUT2D eigenvalue weighted by Gasteiger charge is 2.30. The predicted octanol–water partition coefficient (Wildman–Crippen LogP) is 2.42. The molecule has 2 aliphatic rings. The van der Waals surface area contributed by atoms with E-state index in [1.807, 2.05) is 14.1 Å². The number of benzene rings is 1. The van der Waals surface area contributed by atoms with Gasteiger partial charge in [-0.2, -0.15) is 4.31 Å². The Morgan fingerprint density at radius 2 is 1.71 bits per heavy atom. The van der Waals surface area contributed by atoms with Gasteiger partial charge < -0.3 is 15.1 Å². The van der Waals surface area contributed by atoms with Gasteiger partial charge in [0.05, 0.1) is 4.90 Å². The van der Waals surface area contributed by atoms with Gasteiger partial charge >= 0.3 is 0 Å². The summed E-state index contributed by atoms with van der Waals surface area (Å²) >= 11 is 0. The van der Waals surface area contributed by atoms with Crippen molar-refractivity contribution in [1.82, 2.24) is 19.4 Å². The minimum atomic E-state index is -3.59. The minimum Gasteiger partial charge on any atom is -0.355 e. The molecule has 2 fully saturated rings. The number of piperidine rings is 2. The van der Waals surface area contributed by atoms with Crippen molar-refractivity contribution in [2.75, 3.05) is 53.4 Å². The summed E-state index contributed by atoms with van der Waals surface area (Å²) in [6.07, 6.45) is 4.00. The third-order valence-corrected chi connectivity index (χ3v) is 8.57. The maximum Gasteiger partial charge on any atom is 0.253 e. The lowest BCUT2D eigenvalue weighted by Crippen LogP contribution is -2.46. The summed E-state index contributed by atoms with van der Waals surface area (Å²) in [5, 5.41) is 3.09. The number of nitrogens with zero attached hydrogens (tertiary/aromatic N) is 3. The van der Waals surface area contributed by atoms with E-state index >= 15 is 0 Å². The molecular formula is C25H40N4O4S. The molecule has 9 heteroatoms. The van der Waals surface area contributed by atoms with E-state index in [4.69, 9.17) is 0 Å². The van der Waals surface area contributed by atoms with Crippen molar-refractivity contribution in [3.05, 3.63) is 29.8 Å².